The highest BCUT2D eigenvalue weighted by atomic mass is 15.2. The monoisotopic (exact) mass is 181 g/mol. The molecule has 0 aromatic heterocycles. The molecule has 0 aromatic carbocycles. The van der Waals surface area contributed by atoms with Gasteiger partial charge in [0.15, 0.2) is 0 Å². The van der Waals surface area contributed by atoms with E-state index < -0.39 is 0 Å². The van der Waals surface area contributed by atoms with Crippen LogP contribution in [0.3, 0.4) is 0 Å². The van der Waals surface area contributed by atoms with Crippen molar-refractivity contribution in [3.63, 3.8) is 0 Å². The van der Waals surface area contributed by atoms with E-state index in [4.69, 9.17) is 0 Å². The Kier molecular flexibility index (Phi) is 2.59. The van der Waals surface area contributed by atoms with Gasteiger partial charge in [0.1, 0.15) is 0 Å². The van der Waals surface area contributed by atoms with Crippen molar-refractivity contribution in [1.29, 1.82) is 0 Å². The SMILES string of the molecule is C=CC[C@]1(N(C)C(C)C)CC1(C)C. The molecule has 1 fully saturated rings. The summed E-state index contributed by atoms with van der Waals surface area (Å²) in [6.45, 7) is 13.1. The predicted molar refractivity (Wildman–Crippen MR) is 58.8 cm³/mol. The molecular formula is C12H23N. The molecule has 76 valence electrons. The van der Waals surface area contributed by atoms with Gasteiger partial charge in [0.2, 0.25) is 0 Å². The standard InChI is InChI=1S/C12H23N/c1-7-8-12(9-11(12,4)5)13(6)10(2)3/h7,10H,1,8-9H2,2-6H3/t12-/m0/s1. The van der Waals surface area contributed by atoms with E-state index in [9.17, 15) is 0 Å². The summed E-state index contributed by atoms with van der Waals surface area (Å²) in [5, 5.41) is 0. The Balaban J connectivity index is 2.77. The van der Waals surface area contributed by atoms with E-state index in [0.717, 1.165) is 6.42 Å². The summed E-state index contributed by atoms with van der Waals surface area (Å²) in [5.74, 6) is 0. The van der Waals surface area contributed by atoms with Crippen LogP contribution in [0, 0.1) is 5.41 Å². The van der Waals surface area contributed by atoms with Crippen molar-refractivity contribution >= 4 is 0 Å². The number of rotatable bonds is 4. The van der Waals surface area contributed by atoms with E-state index >= 15 is 0 Å². The van der Waals surface area contributed by atoms with Gasteiger partial charge in [-0.15, -0.1) is 6.58 Å². The quantitative estimate of drug-likeness (QED) is 0.602. The van der Waals surface area contributed by atoms with E-state index in [1.807, 2.05) is 0 Å². The normalized spacial score (nSPS) is 31.0. The lowest BCUT2D eigenvalue weighted by atomic mass is 9.98. The Morgan fingerprint density at radius 2 is 1.92 bits per heavy atom. The minimum absolute atomic E-state index is 0.392. The highest BCUT2D eigenvalue weighted by Crippen LogP contribution is 2.61. The van der Waals surface area contributed by atoms with Gasteiger partial charge in [-0.05, 0) is 39.2 Å². The smallest absolute Gasteiger partial charge is 0.0300 e. The van der Waals surface area contributed by atoms with Crippen LogP contribution in [0.2, 0.25) is 0 Å². The van der Waals surface area contributed by atoms with Gasteiger partial charge in [0.05, 0.1) is 0 Å². The molecule has 0 radical (unpaired) electrons. The van der Waals surface area contributed by atoms with Crippen molar-refractivity contribution in [3.05, 3.63) is 12.7 Å². The summed E-state index contributed by atoms with van der Waals surface area (Å²) in [5.41, 5.74) is 0.864. The topological polar surface area (TPSA) is 3.24 Å². The second kappa shape index (κ2) is 3.13. The molecule has 0 unspecified atom stereocenters. The molecule has 0 spiro atoms. The van der Waals surface area contributed by atoms with Gasteiger partial charge in [-0.3, -0.25) is 4.90 Å². The van der Waals surface area contributed by atoms with Crippen molar-refractivity contribution in [1.82, 2.24) is 4.90 Å². The third kappa shape index (κ3) is 1.54. The van der Waals surface area contributed by atoms with Crippen molar-refractivity contribution in [2.75, 3.05) is 7.05 Å². The van der Waals surface area contributed by atoms with E-state index in [1.165, 1.54) is 6.42 Å². The fourth-order valence-electron chi connectivity index (χ4n) is 2.51. The van der Waals surface area contributed by atoms with E-state index in [0.29, 0.717) is 17.0 Å². The summed E-state index contributed by atoms with van der Waals surface area (Å²) < 4.78 is 0. The van der Waals surface area contributed by atoms with Gasteiger partial charge in [0, 0.05) is 11.6 Å². The molecule has 1 saturated carbocycles. The molecule has 1 heteroatoms. The zero-order chi connectivity index (χ0) is 10.3. The summed E-state index contributed by atoms with van der Waals surface area (Å²) in [4.78, 5) is 2.51. The first-order chi connectivity index (χ1) is 5.87. The number of nitrogens with zero attached hydrogens (tertiary/aromatic N) is 1. The van der Waals surface area contributed by atoms with Gasteiger partial charge in [-0.2, -0.15) is 0 Å². The largest absolute Gasteiger partial charge is 0.297 e. The maximum atomic E-state index is 3.87. The number of hydrogen-bond acceptors (Lipinski definition) is 1. The molecule has 1 nitrogen and oxygen atoms in total. The van der Waals surface area contributed by atoms with Crippen LogP contribution < -0.4 is 0 Å². The molecule has 1 rings (SSSR count). The molecule has 0 saturated heterocycles. The van der Waals surface area contributed by atoms with Gasteiger partial charge in [0.25, 0.3) is 0 Å². The first-order valence-corrected chi connectivity index (χ1v) is 5.21. The summed E-state index contributed by atoms with van der Waals surface area (Å²) >= 11 is 0. The molecule has 0 aliphatic heterocycles. The zero-order valence-electron chi connectivity index (χ0n) is 9.72. The third-order valence-corrected chi connectivity index (χ3v) is 3.80. The molecule has 0 bridgehead atoms. The third-order valence-electron chi connectivity index (χ3n) is 3.80. The van der Waals surface area contributed by atoms with Gasteiger partial charge < -0.3 is 0 Å². The molecule has 0 heterocycles. The van der Waals surface area contributed by atoms with E-state index in [1.54, 1.807) is 0 Å². The Morgan fingerprint density at radius 1 is 1.46 bits per heavy atom. The number of hydrogen-bond donors (Lipinski definition) is 0. The minimum atomic E-state index is 0.392. The first kappa shape index (κ1) is 10.8. The Labute approximate surface area is 82.8 Å². The highest BCUT2D eigenvalue weighted by molar-refractivity contribution is 5.19. The molecule has 0 N–H and O–H groups in total. The summed E-state index contributed by atoms with van der Waals surface area (Å²) in [7, 11) is 2.24. The summed E-state index contributed by atoms with van der Waals surface area (Å²) in [6, 6.07) is 0.627. The van der Waals surface area contributed by atoms with Gasteiger partial charge >= 0.3 is 0 Å². The lowest BCUT2D eigenvalue weighted by Gasteiger charge is -2.34. The van der Waals surface area contributed by atoms with Gasteiger partial charge in [-0.25, -0.2) is 0 Å². The van der Waals surface area contributed by atoms with Crippen LogP contribution >= 0.6 is 0 Å². The van der Waals surface area contributed by atoms with Crippen LogP contribution in [0.5, 0.6) is 0 Å². The average molecular weight is 181 g/mol. The lowest BCUT2D eigenvalue weighted by molar-refractivity contribution is 0.143. The van der Waals surface area contributed by atoms with Crippen LogP contribution in [0.25, 0.3) is 0 Å². The summed E-state index contributed by atoms with van der Waals surface area (Å²) in [6.07, 6.45) is 4.49. The molecule has 1 aliphatic carbocycles. The Morgan fingerprint density at radius 3 is 2.15 bits per heavy atom. The molecular weight excluding hydrogens is 158 g/mol. The van der Waals surface area contributed by atoms with Crippen molar-refractivity contribution < 1.29 is 0 Å². The average Bonchev–Trinajstić information content (AvgIpc) is 2.54. The van der Waals surface area contributed by atoms with Gasteiger partial charge in [-0.1, -0.05) is 19.9 Å². The maximum absolute atomic E-state index is 3.87. The van der Waals surface area contributed by atoms with Crippen LogP contribution in [0.15, 0.2) is 12.7 Å². The van der Waals surface area contributed by atoms with Crippen LogP contribution in [-0.4, -0.2) is 23.5 Å². The molecule has 0 aromatic rings. The fraction of sp³-hybridized carbons (Fsp3) is 0.833. The maximum Gasteiger partial charge on any atom is 0.0300 e. The lowest BCUT2D eigenvalue weighted by Crippen LogP contribution is -2.42. The van der Waals surface area contributed by atoms with Crippen molar-refractivity contribution in [3.8, 4) is 0 Å². The fourth-order valence-corrected chi connectivity index (χ4v) is 2.51. The van der Waals surface area contributed by atoms with Crippen molar-refractivity contribution in [2.24, 2.45) is 5.41 Å². The van der Waals surface area contributed by atoms with Crippen molar-refractivity contribution in [2.45, 2.75) is 52.1 Å². The van der Waals surface area contributed by atoms with E-state index in [2.05, 4.69) is 52.3 Å². The molecule has 1 atom stereocenters. The van der Waals surface area contributed by atoms with Crippen LogP contribution in [0.4, 0.5) is 0 Å². The molecule has 1 aliphatic rings. The first-order valence-electron chi connectivity index (χ1n) is 5.21. The highest BCUT2D eigenvalue weighted by Gasteiger charge is 2.62. The van der Waals surface area contributed by atoms with Crippen LogP contribution in [-0.2, 0) is 0 Å². The van der Waals surface area contributed by atoms with Crippen LogP contribution in [0.1, 0.15) is 40.5 Å². The molecule has 13 heavy (non-hydrogen) atoms. The Hall–Kier alpha value is -0.300. The predicted octanol–water partition coefficient (Wildman–Crippen LogP) is 3.07. The molecule has 0 amide bonds. The zero-order valence-corrected chi connectivity index (χ0v) is 9.72. The minimum Gasteiger partial charge on any atom is -0.297 e. The second-order valence-electron chi connectivity index (χ2n) is 5.29. The second-order valence-corrected chi connectivity index (χ2v) is 5.29. The Bertz CT molecular complexity index is 205. The van der Waals surface area contributed by atoms with E-state index in [-0.39, 0.29) is 0 Å².